The van der Waals surface area contributed by atoms with Gasteiger partial charge in [0, 0.05) is 23.4 Å². The monoisotopic (exact) mass is 383 g/mol. The van der Waals surface area contributed by atoms with Crippen LogP contribution in [-0.4, -0.2) is 46.8 Å². The first-order valence-electron chi connectivity index (χ1n) is 8.75. The molecule has 0 bridgehead atoms. The number of hydrogen-bond donors (Lipinski definition) is 2. The second-order valence-electron chi connectivity index (χ2n) is 6.72. The molecule has 4 nitrogen and oxygen atoms in total. The summed E-state index contributed by atoms with van der Waals surface area (Å²) < 4.78 is 50.6. The highest BCUT2D eigenvalue weighted by atomic mass is 19.4. The van der Waals surface area contributed by atoms with Crippen LogP contribution in [0, 0.1) is 5.82 Å². The van der Waals surface area contributed by atoms with Crippen LogP contribution < -0.4 is 5.32 Å². The van der Waals surface area contributed by atoms with E-state index in [1.54, 1.807) is 24.3 Å². The SMILES string of the molecule is OC(NC1CCN(CC(F)(F)F)CC1)c1ccc(-c2cccc(F)c2)nc1. The minimum absolute atomic E-state index is 0.0626. The maximum atomic E-state index is 13.3. The topological polar surface area (TPSA) is 48.4 Å². The molecule has 1 unspecified atom stereocenters. The Bertz CT molecular complexity index is 743. The first-order valence-corrected chi connectivity index (χ1v) is 8.75. The number of nitrogens with one attached hydrogen (secondary N) is 1. The van der Waals surface area contributed by atoms with Gasteiger partial charge in [-0.2, -0.15) is 13.2 Å². The number of likely N-dealkylation sites (tertiary alicyclic amines) is 1. The van der Waals surface area contributed by atoms with Crippen LogP contribution in [0.1, 0.15) is 24.6 Å². The molecule has 0 spiro atoms. The van der Waals surface area contributed by atoms with Gasteiger partial charge in [-0.25, -0.2) is 4.39 Å². The molecule has 1 aliphatic heterocycles. The predicted molar refractivity (Wildman–Crippen MR) is 93.2 cm³/mol. The van der Waals surface area contributed by atoms with Gasteiger partial charge in [0.25, 0.3) is 0 Å². The van der Waals surface area contributed by atoms with E-state index < -0.39 is 18.9 Å². The van der Waals surface area contributed by atoms with Crippen molar-refractivity contribution in [2.45, 2.75) is 31.3 Å². The Labute approximate surface area is 154 Å². The van der Waals surface area contributed by atoms with Gasteiger partial charge in [-0.3, -0.25) is 15.2 Å². The first kappa shape index (κ1) is 19.7. The molecule has 1 atom stereocenters. The predicted octanol–water partition coefficient (Wildman–Crippen LogP) is 3.49. The van der Waals surface area contributed by atoms with Crippen LogP contribution in [0.25, 0.3) is 11.3 Å². The van der Waals surface area contributed by atoms with Crippen LogP contribution in [0.15, 0.2) is 42.6 Å². The van der Waals surface area contributed by atoms with E-state index >= 15 is 0 Å². The largest absolute Gasteiger partial charge is 0.401 e. The average molecular weight is 383 g/mol. The molecule has 0 amide bonds. The van der Waals surface area contributed by atoms with Crippen LogP contribution in [0.5, 0.6) is 0 Å². The molecule has 2 aromatic rings. The van der Waals surface area contributed by atoms with Crippen molar-refractivity contribution in [1.82, 2.24) is 15.2 Å². The summed E-state index contributed by atoms with van der Waals surface area (Å²) in [5, 5.41) is 13.4. The summed E-state index contributed by atoms with van der Waals surface area (Å²) >= 11 is 0. The average Bonchev–Trinajstić information content (AvgIpc) is 2.62. The minimum atomic E-state index is -4.19. The maximum Gasteiger partial charge on any atom is 0.401 e. The summed E-state index contributed by atoms with van der Waals surface area (Å²) in [7, 11) is 0. The third-order valence-electron chi connectivity index (χ3n) is 4.61. The van der Waals surface area contributed by atoms with E-state index in [1.165, 1.54) is 23.2 Å². The molecular formula is C19H21F4N3O. The zero-order chi connectivity index (χ0) is 19.4. The number of benzene rings is 1. The molecule has 1 aromatic heterocycles. The smallest absolute Gasteiger partial charge is 0.374 e. The van der Waals surface area contributed by atoms with Crippen LogP contribution in [0.3, 0.4) is 0 Å². The fourth-order valence-electron chi connectivity index (χ4n) is 3.22. The number of nitrogens with zero attached hydrogens (tertiary/aromatic N) is 2. The molecule has 1 fully saturated rings. The lowest BCUT2D eigenvalue weighted by Crippen LogP contribution is -2.46. The third-order valence-corrected chi connectivity index (χ3v) is 4.61. The second kappa shape index (κ2) is 8.33. The Balaban J connectivity index is 1.54. The molecule has 2 heterocycles. The molecule has 1 saturated heterocycles. The Morgan fingerprint density at radius 3 is 2.52 bits per heavy atom. The molecule has 1 aliphatic rings. The van der Waals surface area contributed by atoms with Gasteiger partial charge in [0.15, 0.2) is 0 Å². The van der Waals surface area contributed by atoms with Gasteiger partial charge in [0.1, 0.15) is 12.0 Å². The van der Waals surface area contributed by atoms with Gasteiger partial charge in [-0.05, 0) is 44.1 Å². The lowest BCUT2D eigenvalue weighted by Gasteiger charge is -2.33. The number of hydrogen-bond acceptors (Lipinski definition) is 4. The van der Waals surface area contributed by atoms with Gasteiger partial charge in [-0.1, -0.05) is 18.2 Å². The van der Waals surface area contributed by atoms with Gasteiger partial charge in [-0.15, -0.1) is 0 Å². The summed E-state index contributed by atoms with van der Waals surface area (Å²) in [5.74, 6) is -0.350. The van der Waals surface area contributed by atoms with E-state index in [2.05, 4.69) is 10.3 Å². The molecule has 0 aliphatic carbocycles. The van der Waals surface area contributed by atoms with Gasteiger partial charge >= 0.3 is 6.18 Å². The molecule has 8 heteroatoms. The molecule has 3 rings (SSSR count). The maximum absolute atomic E-state index is 13.3. The summed E-state index contributed by atoms with van der Waals surface area (Å²) in [6.45, 7) is -0.227. The number of alkyl halides is 3. The number of pyridine rings is 1. The molecule has 27 heavy (non-hydrogen) atoms. The molecule has 2 N–H and O–H groups in total. The molecule has 146 valence electrons. The van der Waals surface area contributed by atoms with Crippen LogP contribution in [0.4, 0.5) is 17.6 Å². The highest BCUT2D eigenvalue weighted by Gasteiger charge is 2.32. The van der Waals surface area contributed by atoms with Crippen molar-refractivity contribution < 1.29 is 22.7 Å². The van der Waals surface area contributed by atoms with Gasteiger partial charge < -0.3 is 5.11 Å². The lowest BCUT2D eigenvalue weighted by molar-refractivity contribution is -0.148. The van der Waals surface area contributed by atoms with Crippen LogP contribution in [-0.2, 0) is 0 Å². The third kappa shape index (κ3) is 5.72. The van der Waals surface area contributed by atoms with Gasteiger partial charge in [0.05, 0.1) is 12.2 Å². The van der Waals surface area contributed by atoms with Crippen molar-refractivity contribution in [3.63, 3.8) is 0 Å². The quantitative estimate of drug-likeness (QED) is 0.613. The summed E-state index contributed by atoms with van der Waals surface area (Å²) in [4.78, 5) is 5.63. The van der Waals surface area contributed by atoms with E-state index in [4.69, 9.17) is 0 Å². The normalized spacial score (nSPS) is 17.8. The zero-order valence-corrected chi connectivity index (χ0v) is 14.6. The fourth-order valence-corrected chi connectivity index (χ4v) is 3.22. The Hall–Kier alpha value is -2.03. The van der Waals surface area contributed by atoms with E-state index in [0.29, 0.717) is 42.8 Å². The van der Waals surface area contributed by atoms with E-state index in [0.717, 1.165) is 0 Å². The number of aliphatic hydroxyl groups excluding tert-OH is 1. The summed E-state index contributed by atoms with van der Waals surface area (Å²) in [6.07, 6.45) is -2.58. The lowest BCUT2D eigenvalue weighted by atomic mass is 10.0. The highest BCUT2D eigenvalue weighted by Crippen LogP contribution is 2.22. The van der Waals surface area contributed by atoms with Crippen molar-refractivity contribution >= 4 is 0 Å². The zero-order valence-electron chi connectivity index (χ0n) is 14.6. The van der Waals surface area contributed by atoms with E-state index in [9.17, 15) is 22.7 Å². The number of piperidine rings is 1. The number of halogens is 4. The van der Waals surface area contributed by atoms with Crippen LogP contribution in [0.2, 0.25) is 0 Å². The first-order chi connectivity index (χ1) is 12.8. The second-order valence-corrected chi connectivity index (χ2v) is 6.72. The molecule has 0 radical (unpaired) electrons. The van der Waals surface area contributed by atoms with Crippen molar-refractivity contribution in [1.29, 1.82) is 0 Å². The number of aromatic nitrogens is 1. The van der Waals surface area contributed by atoms with Crippen LogP contribution >= 0.6 is 0 Å². The molecule has 1 aromatic carbocycles. The standard InChI is InChI=1S/C19H21F4N3O/c20-15-3-1-2-13(10-15)17-5-4-14(11-24-17)18(27)25-16-6-8-26(9-7-16)12-19(21,22)23/h1-5,10-11,16,18,25,27H,6-9,12H2. The van der Waals surface area contributed by atoms with E-state index in [-0.39, 0.29) is 11.9 Å². The Kier molecular flexibility index (Phi) is 6.08. The number of aliphatic hydroxyl groups is 1. The van der Waals surface area contributed by atoms with Gasteiger partial charge in [0.2, 0.25) is 0 Å². The number of rotatable bonds is 5. The highest BCUT2D eigenvalue weighted by molar-refractivity contribution is 5.58. The van der Waals surface area contributed by atoms with E-state index in [1.807, 2.05) is 0 Å². The Morgan fingerprint density at radius 1 is 1.19 bits per heavy atom. The molecular weight excluding hydrogens is 362 g/mol. The Morgan fingerprint density at radius 2 is 1.93 bits per heavy atom. The van der Waals surface area contributed by atoms with Crippen molar-refractivity contribution in [2.75, 3.05) is 19.6 Å². The summed E-state index contributed by atoms with van der Waals surface area (Å²) in [5.41, 5.74) is 1.78. The van der Waals surface area contributed by atoms with Crippen molar-refractivity contribution in [3.8, 4) is 11.3 Å². The summed E-state index contributed by atoms with van der Waals surface area (Å²) in [6, 6.07) is 9.41. The molecule has 0 saturated carbocycles. The fraction of sp³-hybridized carbons (Fsp3) is 0.421. The van der Waals surface area contributed by atoms with Crippen molar-refractivity contribution in [3.05, 3.63) is 54.0 Å². The minimum Gasteiger partial charge on any atom is -0.374 e. The van der Waals surface area contributed by atoms with Crippen molar-refractivity contribution in [2.24, 2.45) is 0 Å².